The number of H-pyrrole nitrogens is 1. The van der Waals surface area contributed by atoms with Gasteiger partial charge in [0.05, 0.1) is 12.8 Å². The lowest BCUT2D eigenvalue weighted by atomic mass is 9.95. The van der Waals surface area contributed by atoms with Gasteiger partial charge in [-0.3, -0.25) is 9.78 Å². The molecular weight excluding hydrogens is 392 g/mol. The first-order valence-corrected chi connectivity index (χ1v) is 9.81. The van der Waals surface area contributed by atoms with E-state index in [1.807, 2.05) is 17.0 Å². The third-order valence-electron chi connectivity index (χ3n) is 5.19. The van der Waals surface area contributed by atoms with Gasteiger partial charge in [0, 0.05) is 29.6 Å². The molecule has 1 fully saturated rings. The SMILES string of the molecule is COc1cccc(C(=O)N2CCC(c3nn(-c4ccc(Cl)cc4)c(=O)[nH]3)CC2)c1. The second kappa shape index (κ2) is 8.13. The fraction of sp³-hybridized carbons (Fsp3) is 0.286. The van der Waals surface area contributed by atoms with Crippen molar-refractivity contribution in [3.63, 3.8) is 0 Å². The van der Waals surface area contributed by atoms with Crippen molar-refractivity contribution in [2.24, 2.45) is 0 Å². The fourth-order valence-electron chi connectivity index (χ4n) is 3.58. The lowest BCUT2D eigenvalue weighted by Crippen LogP contribution is -2.38. The predicted octanol–water partition coefficient (Wildman–Crippen LogP) is 3.24. The summed E-state index contributed by atoms with van der Waals surface area (Å²) in [4.78, 5) is 29.8. The molecule has 0 spiro atoms. The van der Waals surface area contributed by atoms with Crippen molar-refractivity contribution in [1.29, 1.82) is 0 Å². The number of likely N-dealkylation sites (tertiary alicyclic amines) is 1. The number of carbonyl (C=O) groups is 1. The molecule has 150 valence electrons. The van der Waals surface area contributed by atoms with E-state index < -0.39 is 0 Å². The van der Waals surface area contributed by atoms with Crippen LogP contribution in [0.2, 0.25) is 5.02 Å². The molecular formula is C21H21ClN4O3. The van der Waals surface area contributed by atoms with Crippen LogP contribution in [0.5, 0.6) is 5.75 Å². The number of aromatic nitrogens is 3. The van der Waals surface area contributed by atoms with Crippen LogP contribution in [0, 0.1) is 0 Å². The third kappa shape index (κ3) is 4.05. The van der Waals surface area contributed by atoms with Crippen LogP contribution < -0.4 is 10.4 Å². The monoisotopic (exact) mass is 412 g/mol. The van der Waals surface area contributed by atoms with Gasteiger partial charge in [0.15, 0.2) is 0 Å². The molecule has 1 N–H and O–H groups in total. The summed E-state index contributed by atoms with van der Waals surface area (Å²) in [5.74, 6) is 1.41. The number of hydrogen-bond donors (Lipinski definition) is 1. The number of rotatable bonds is 4. The first kappa shape index (κ1) is 19.3. The van der Waals surface area contributed by atoms with Gasteiger partial charge >= 0.3 is 5.69 Å². The van der Waals surface area contributed by atoms with E-state index in [0.717, 1.165) is 12.8 Å². The number of halogens is 1. The van der Waals surface area contributed by atoms with Gasteiger partial charge in [0.25, 0.3) is 5.91 Å². The highest BCUT2D eigenvalue weighted by atomic mass is 35.5. The second-order valence-electron chi connectivity index (χ2n) is 7.00. The van der Waals surface area contributed by atoms with Crippen molar-refractivity contribution in [2.75, 3.05) is 20.2 Å². The average molecular weight is 413 g/mol. The van der Waals surface area contributed by atoms with Crippen LogP contribution in [0.4, 0.5) is 0 Å². The summed E-state index contributed by atoms with van der Waals surface area (Å²) in [6, 6.07) is 14.1. The van der Waals surface area contributed by atoms with Gasteiger partial charge in [0.1, 0.15) is 11.6 Å². The summed E-state index contributed by atoms with van der Waals surface area (Å²) in [6.07, 6.45) is 1.48. The fourth-order valence-corrected chi connectivity index (χ4v) is 3.70. The van der Waals surface area contributed by atoms with E-state index in [1.54, 1.807) is 43.5 Å². The molecule has 8 heteroatoms. The molecule has 0 aliphatic carbocycles. The number of carbonyl (C=O) groups excluding carboxylic acids is 1. The van der Waals surface area contributed by atoms with Gasteiger partial charge < -0.3 is 9.64 Å². The van der Waals surface area contributed by atoms with Crippen LogP contribution >= 0.6 is 11.6 Å². The molecule has 1 aliphatic rings. The standard InChI is InChI=1S/C21H21ClN4O3/c1-29-18-4-2-3-15(13-18)20(27)25-11-9-14(10-12-25)19-23-21(28)26(24-19)17-7-5-16(22)6-8-17/h2-8,13-14H,9-12H2,1H3,(H,23,24,28). The van der Waals surface area contributed by atoms with E-state index >= 15 is 0 Å². The normalized spacial score (nSPS) is 14.8. The lowest BCUT2D eigenvalue weighted by Gasteiger charge is -2.31. The van der Waals surface area contributed by atoms with Crippen molar-refractivity contribution in [3.8, 4) is 11.4 Å². The molecule has 3 aromatic rings. The molecule has 1 aliphatic heterocycles. The minimum Gasteiger partial charge on any atom is -0.497 e. The van der Waals surface area contributed by atoms with E-state index in [2.05, 4.69) is 10.1 Å². The highest BCUT2D eigenvalue weighted by molar-refractivity contribution is 6.30. The summed E-state index contributed by atoms with van der Waals surface area (Å²) in [5, 5.41) is 5.07. The van der Waals surface area contributed by atoms with Crippen LogP contribution in [0.25, 0.3) is 5.69 Å². The van der Waals surface area contributed by atoms with Gasteiger partial charge in [-0.2, -0.15) is 4.68 Å². The number of ether oxygens (including phenoxy) is 1. The van der Waals surface area contributed by atoms with E-state index in [0.29, 0.717) is 40.9 Å². The lowest BCUT2D eigenvalue weighted by molar-refractivity contribution is 0.0710. The molecule has 1 amide bonds. The molecule has 1 aromatic heterocycles. The smallest absolute Gasteiger partial charge is 0.348 e. The largest absolute Gasteiger partial charge is 0.497 e. The molecule has 4 rings (SSSR count). The van der Waals surface area contributed by atoms with Gasteiger partial charge in [-0.1, -0.05) is 17.7 Å². The van der Waals surface area contributed by atoms with E-state index in [-0.39, 0.29) is 17.5 Å². The Kier molecular flexibility index (Phi) is 5.40. The Labute approximate surface area is 172 Å². The highest BCUT2D eigenvalue weighted by Gasteiger charge is 2.27. The molecule has 7 nitrogen and oxygen atoms in total. The number of piperidine rings is 1. The second-order valence-corrected chi connectivity index (χ2v) is 7.44. The van der Waals surface area contributed by atoms with Gasteiger partial charge in [0.2, 0.25) is 0 Å². The quantitative estimate of drug-likeness (QED) is 0.713. The Morgan fingerprint density at radius 2 is 1.90 bits per heavy atom. The van der Waals surface area contributed by atoms with Gasteiger partial charge in [-0.25, -0.2) is 4.79 Å². The van der Waals surface area contributed by atoms with Crippen LogP contribution in [0.3, 0.4) is 0 Å². The summed E-state index contributed by atoms with van der Waals surface area (Å²) in [6.45, 7) is 1.22. The molecule has 29 heavy (non-hydrogen) atoms. The molecule has 1 saturated heterocycles. The Morgan fingerprint density at radius 3 is 2.59 bits per heavy atom. The number of nitrogens with zero attached hydrogens (tertiary/aromatic N) is 3. The number of aromatic amines is 1. The first-order valence-electron chi connectivity index (χ1n) is 9.43. The Hall–Kier alpha value is -3.06. The Balaban J connectivity index is 1.44. The zero-order valence-electron chi connectivity index (χ0n) is 16.0. The number of benzene rings is 2. The van der Waals surface area contributed by atoms with Crippen molar-refractivity contribution in [3.05, 3.63) is 75.4 Å². The number of nitrogens with one attached hydrogen (secondary N) is 1. The molecule has 0 atom stereocenters. The molecule has 2 aromatic carbocycles. The summed E-state index contributed by atoms with van der Waals surface area (Å²) in [7, 11) is 1.58. The molecule has 0 bridgehead atoms. The van der Waals surface area contributed by atoms with Crippen LogP contribution in [-0.2, 0) is 0 Å². The third-order valence-corrected chi connectivity index (χ3v) is 5.44. The van der Waals surface area contributed by atoms with Crippen molar-refractivity contribution in [1.82, 2.24) is 19.7 Å². The molecule has 0 radical (unpaired) electrons. The van der Waals surface area contributed by atoms with E-state index in [9.17, 15) is 9.59 Å². The van der Waals surface area contributed by atoms with Crippen molar-refractivity contribution in [2.45, 2.75) is 18.8 Å². The maximum atomic E-state index is 12.8. The Bertz CT molecular complexity index is 1070. The maximum Gasteiger partial charge on any atom is 0.348 e. The van der Waals surface area contributed by atoms with Crippen LogP contribution in [-0.4, -0.2) is 45.8 Å². The van der Waals surface area contributed by atoms with Crippen LogP contribution in [0.15, 0.2) is 53.3 Å². The zero-order chi connectivity index (χ0) is 20.4. The van der Waals surface area contributed by atoms with Crippen molar-refractivity contribution >= 4 is 17.5 Å². The minimum absolute atomic E-state index is 0.0115. The minimum atomic E-state index is -0.280. The van der Waals surface area contributed by atoms with Gasteiger partial charge in [-0.05, 0) is 55.3 Å². The van der Waals surface area contributed by atoms with E-state index in [4.69, 9.17) is 16.3 Å². The summed E-state index contributed by atoms with van der Waals surface area (Å²) in [5.41, 5.74) is 0.993. The zero-order valence-corrected chi connectivity index (χ0v) is 16.7. The molecule has 2 heterocycles. The number of hydrogen-bond acceptors (Lipinski definition) is 4. The maximum absolute atomic E-state index is 12.8. The van der Waals surface area contributed by atoms with Gasteiger partial charge in [-0.15, -0.1) is 5.10 Å². The summed E-state index contributed by atoms with van der Waals surface area (Å²) < 4.78 is 6.55. The molecule has 0 unspecified atom stereocenters. The van der Waals surface area contributed by atoms with Crippen molar-refractivity contribution < 1.29 is 9.53 Å². The number of methoxy groups -OCH3 is 1. The molecule has 0 saturated carbocycles. The summed E-state index contributed by atoms with van der Waals surface area (Å²) >= 11 is 5.91. The van der Waals surface area contributed by atoms with Crippen LogP contribution in [0.1, 0.15) is 34.9 Å². The first-order chi connectivity index (χ1) is 14.0. The topological polar surface area (TPSA) is 80.2 Å². The Morgan fingerprint density at radius 1 is 1.17 bits per heavy atom. The number of amides is 1. The van der Waals surface area contributed by atoms with E-state index in [1.165, 1.54) is 4.68 Å². The average Bonchev–Trinajstić information content (AvgIpc) is 3.15. The highest BCUT2D eigenvalue weighted by Crippen LogP contribution is 2.26. The predicted molar refractivity (Wildman–Crippen MR) is 110 cm³/mol.